The highest BCUT2D eigenvalue weighted by atomic mass is 16.6. The SMILES string of the molecule is CC(C)(C)CC(C)(C)NC(=O)CN1C(=O)c2ccc([N+](=O)[O-])cc2C1=O. The number of carbonyl (C=O) groups is 3. The van der Waals surface area contributed by atoms with E-state index in [-0.39, 0.29) is 22.2 Å². The molecule has 1 heterocycles. The fraction of sp³-hybridized carbons (Fsp3) is 0.500. The number of hydrogen-bond donors (Lipinski definition) is 1. The van der Waals surface area contributed by atoms with Crippen LogP contribution in [0.3, 0.4) is 0 Å². The minimum atomic E-state index is -0.697. The van der Waals surface area contributed by atoms with Gasteiger partial charge in [0.05, 0.1) is 16.1 Å². The smallest absolute Gasteiger partial charge is 0.270 e. The lowest BCUT2D eigenvalue weighted by atomic mass is 9.82. The van der Waals surface area contributed by atoms with Crippen molar-refractivity contribution >= 4 is 23.4 Å². The molecule has 1 aromatic rings. The van der Waals surface area contributed by atoms with E-state index in [1.807, 2.05) is 13.8 Å². The average Bonchev–Trinajstić information content (AvgIpc) is 2.68. The molecular weight excluding hydrogens is 338 g/mol. The van der Waals surface area contributed by atoms with Crippen molar-refractivity contribution in [3.63, 3.8) is 0 Å². The highest BCUT2D eigenvalue weighted by molar-refractivity contribution is 6.22. The predicted molar refractivity (Wildman–Crippen MR) is 94.8 cm³/mol. The van der Waals surface area contributed by atoms with Crippen LogP contribution < -0.4 is 5.32 Å². The Morgan fingerprint density at radius 3 is 2.23 bits per heavy atom. The Morgan fingerprint density at radius 1 is 1.12 bits per heavy atom. The molecule has 0 radical (unpaired) electrons. The Bertz CT molecular complexity index is 793. The van der Waals surface area contributed by atoms with Gasteiger partial charge in [-0.2, -0.15) is 0 Å². The molecule has 8 heteroatoms. The second-order valence-corrected chi connectivity index (χ2v) is 8.35. The third-order valence-electron chi connectivity index (χ3n) is 3.92. The fourth-order valence-corrected chi connectivity index (χ4v) is 3.47. The van der Waals surface area contributed by atoms with Gasteiger partial charge in [-0.15, -0.1) is 0 Å². The van der Waals surface area contributed by atoms with E-state index in [2.05, 4.69) is 26.1 Å². The molecule has 0 aliphatic carbocycles. The van der Waals surface area contributed by atoms with Gasteiger partial charge < -0.3 is 5.32 Å². The van der Waals surface area contributed by atoms with Gasteiger partial charge in [0.25, 0.3) is 17.5 Å². The highest BCUT2D eigenvalue weighted by Crippen LogP contribution is 2.28. The molecule has 1 aliphatic heterocycles. The summed E-state index contributed by atoms with van der Waals surface area (Å²) in [5, 5.41) is 13.7. The monoisotopic (exact) mass is 361 g/mol. The first kappa shape index (κ1) is 19.6. The molecule has 0 unspecified atom stereocenters. The van der Waals surface area contributed by atoms with Gasteiger partial charge >= 0.3 is 0 Å². The van der Waals surface area contributed by atoms with E-state index in [0.717, 1.165) is 11.0 Å². The zero-order valence-electron chi connectivity index (χ0n) is 15.6. The maximum atomic E-state index is 12.4. The summed E-state index contributed by atoms with van der Waals surface area (Å²) in [4.78, 5) is 48.2. The summed E-state index contributed by atoms with van der Waals surface area (Å²) in [5.74, 6) is -1.77. The molecule has 2 rings (SSSR count). The topological polar surface area (TPSA) is 110 Å². The summed E-state index contributed by atoms with van der Waals surface area (Å²) in [7, 11) is 0. The molecule has 1 N–H and O–H groups in total. The lowest BCUT2D eigenvalue weighted by Crippen LogP contribution is -2.50. The Balaban J connectivity index is 2.13. The fourth-order valence-electron chi connectivity index (χ4n) is 3.47. The van der Waals surface area contributed by atoms with Gasteiger partial charge in [-0.3, -0.25) is 29.4 Å². The molecule has 0 spiro atoms. The number of nitro benzene ring substituents is 1. The molecule has 0 fully saturated rings. The standard InChI is InChI=1S/C18H23N3O5/c1-17(2,3)10-18(4,5)19-14(22)9-20-15(23)12-7-6-11(21(25)26)8-13(12)16(20)24/h6-8H,9-10H2,1-5H3,(H,19,22). The molecule has 26 heavy (non-hydrogen) atoms. The number of hydrogen-bond acceptors (Lipinski definition) is 5. The Labute approximate surface area is 151 Å². The Morgan fingerprint density at radius 2 is 1.69 bits per heavy atom. The number of amides is 3. The second kappa shape index (κ2) is 6.51. The van der Waals surface area contributed by atoms with Crippen LogP contribution >= 0.6 is 0 Å². The second-order valence-electron chi connectivity index (χ2n) is 8.35. The maximum Gasteiger partial charge on any atom is 0.270 e. The molecule has 140 valence electrons. The van der Waals surface area contributed by atoms with Crippen molar-refractivity contribution in [3.8, 4) is 0 Å². The van der Waals surface area contributed by atoms with Crippen molar-refractivity contribution < 1.29 is 19.3 Å². The van der Waals surface area contributed by atoms with Gasteiger partial charge in [-0.25, -0.2) is 0 Å². The Hall–Kier alpha value is -2.77. The lowest BCUT2D eigenvalue weighted by Gasteiger charge is -2.33. The third-order valence-corrected chi connectivity index (χ3v) is 3.92. The number of imide groups is 1. The van der Waals surface area contributed by atoms with Crippen molar-refractivity contribution in [3.05, 3.63) is 39.4 Å². The van der Waals surface area contributed by atoms with Gasteiger partial charge in [0.1, 0.15) is 6.54 Å². The van der Waals surface area contributed by atoms with Crippen LogP contribution in [0.5, 0.6) is 0 Å². The van der Waals surface area contributed by atoms with Crippen molar-refractivity contribution in [2.45, 2.75) is 46.6 Å². The number of nitro groups is 1. The number of rotatable bonds is 5. The number of carbonyl (C=O) groups excluding carboxylic acids is 3. The van der Waals surface area contributed by atoms with E-state index in [9.17, 15) is 24.5 Å². The van der Waals surface area contributed by atoms with Crippen LogP contribution in [-0.2, 0) is 4.79 Å². The average molecular weight is 361 g/mol. The van der Waals surface area contributed by atoms with Crippen LogP contribution in [0.1, 0.15) is 61.8 Å². The molecule has 0 saturated heterocycles. The summed E-state index contributed by atoms with van der Waals surface area (Å²) in [6.45, 7) is 9.49. The van der Waals surface area contributed by atoms with Crippen LogP contribution in [0.15, 0.2) is 18.2 Å². The number of fused-ring (bicyclic) bond motifs is 1. The normalized spacial score (nSPS) is 14.4. The van der Waals surface area contributed by atoms with Gasteiger partial charge in [0.15, 0.2) is 0 Å². The van der Waals surface area contributed by atoms with Gasteiger partial charge in [-0.1, -0.05) is 20.8 Å². The first-order valence-corrected chi connectivity index (χ1v) is 8.26. The van der Waals surface area contributed by atoms with Gasteiger partial charge in [-0.05, 0) is 31.7 Å². The van der Waals surface area contributed by atoms with Crippen LogP contribution in [0.25, 0.3) is 0 Å². The Kier molecular flexibility index (Phi) is 4.90. The quantitative estimate of drug-likeness (QED) is 0.492. The zero-order valence-corrected chi connectivity index (χ0v) is 15.6. The van der Waals surface area contributed by atoms with E-state index < -0.39 is 34.7 Å². The largest absolute Gasteiger partial charge is 0.350 e. The summed E-state index contributed by atoms with van der Waals surface area (Å²) in [6, 6.07) is 3.48. The molecule has 0 saturated carbocycles. The summed E-state index contributed by atoms with van der Waals surface area (Å²) < 4.78 is 0. The first-order valence-electron chi connectivity index (χ1n) is 8.26. The predicted octanol–water partition coefficient (Wildman–Crippen LogP) is 2.52. The summed E-state index contributed by atoms with van der Waals surface area (Å²) in [6.07, 6.45) is 0.708. The van der Waals surface area contributed by atoms with E-state index in [1.165, 1.54) is 12.1 Å². The zero-order chi connectivity index (χ0) is 19.9. The minimum absolute atomic E-state index is 0.00870. The van der Waals surface area contributed by atoms with Crippen LogP contribution in [-0.4, -0.2) is 39.6 Å². The molecule has 3 amide bonds. The number of benzene rings is 1. The molecule has 0 atom stereocenters. The third kappa shape index (κ3) is 4.25. The first-order chi connectivity index (χ1) is 11.8. The number of nitrogens with one attached hydrogen (secondary N) is 1. The number of nitrogens with zero attached hydrogens (tertiary/aromatic N) is 2. The van der Waals surface area contributed by atoms with E-state index >= 15 is 0 Å². The molecule has 0 aromatic heterocycles. The van der Waals surface area contributed by atoms with Crippen LogP contribution in [0, 0.1) is 15.5 Å². The van der Waals surface area contributed by atoms with Gasteiger partial charge in [0, 0.05) is 17.7 Å². The number of non-ortho nitro benzene ring substituents is 1. The van der Waals surface area contributed by atoms with Gasteiger partial charge in [0.2, 0.25) is 5.91 Å². The van der Waals surface area contributed by atoms with Crippen molar-refractivity contribution in [1.29, 1.82) is 0 Å². The summed E-state index contributed by atoms with van der Waals surface area (Å²) >= 11 is 0. The van der Waals surface area contributed by atoms with E-state index in [1.54, 1.807) is 0 Å². The van der Waals surface area contributed by atoms with E-state index in [0.29, 0.717) is 6.42 Å². The van der Waals surface area contributed by atoms with E-state index in [4.69, 9.17) is 0 Å². The van der Waals surface area contributed by atoms with Crippen molar-refractivity contribution in [2.75, 3.05) is 6.54 Å². The molecular formula is C18H23N3O5. The minimum Gasteiger partial charge on any atom is -0.350 e. The maximum absolute atomic E-state index is 12.4. The highest BCUT2D eigenvalue weighted by Gasteiger charge is 2.38. The summed E-state index contributed by atoms with van der Waals surface area (Å²) in [5.41, 5.74) is -0.770. The molecule has 1 aliphatic rings. The van der Waals surface area contributed by atoms with Crippen LogP contribution in [0.4, 0.5) is 5.69 Å². The van der Waals surface area contributed by atoms with Crippen molar-refractivity contribution in [2.24, 2.45) is 5.41 Å². The molecule has 8 nitrogen and oxygen atoms in total. The molecule has 1 aromatic carbocycles. The molecule has 0 bridgehead atoms. The lowest BCUT2D eigenvalue weighted by molar-refractivity contribution is -0.384. The van der Waals surface area contributed by atoms with Crippen molar-refractivity contribution in [1.82, 2.24) is 10.2 Å². The van der Waals surface area contributed by atoms with Crippen LogP contribution in [0.2, 0.25) is 0 Å².